The quantitative estimate of drug-likeness (QED) is 0.660. The van der Waals surface area contributed by atoms with Crippen LogP contribution >= 0.6 is 0 Å². The predicted molar refractivity (Wildman–Crippen MR) is 126 cm³/mol. The van der Waals surface area contributed by atoms with Crippen molar-refractivity contribution >= 4 is 5.82 Å². The standard InChI is InChI=1S/C26H32N4O/c1-20-23(18-21-10-6-4-7-11-21)25(28-24(27-20)22-12-8-5-9-13-22)30-16-14-29(15-17-30)19-26(2,3)31/h4-13,31H,14-19H2,1-3H3. The smallest absolute Gasteiger partial charge is 0.161 e. The summed E-state index contributed by atoms with van der Waals surface area (Å²) in [5.41, 5.74) is 3.86. The average molecular weight is 417 g/mol. The fourth-order valence-electron chi connectivity index (χ4n) is 4.23. The summed E-state index contributed by atoms with van der Waals surface area (Å²) < 4.78 is 0. The molecule has 2 aromatic carbocycles. The van der Waals surface area contributed by atoms with E-state index in [9.17, 15) is 5.11 Å². The Labute approximate surface area is 185 Å². The molecule has 2 heterocycles. The molecule has 0 saturated carbocycles. The molecule has 0 radical (unpaired) electrons. The van der Waals surface area contributed by atoms with Crippen LogP contribution in [0.15, 0.2) is 60.7 Å². The number of anilines is 1. The van der Waals surface area contributed by atoms with Gasteiger partial charge in [0.1, 0.15) is 5.82 Å². The van der Waals surface area contributed by atoms with Crippen LogP contribution in [0.1, 0.15) is 30.7 Å². The summed E-state index contributed by atoms with van der Waals surface area (Å²) in [6.45, 7) is 10.1. The van der Waals surface area contributed by atoms with Crippen LogP contribution in [0, 0.1) is 6.92 Å². The number of hydrogen-bond acceptors (Lipinski definition) is 5. The van der Waals surface area contributed by atoms with Gasteiger partial charge in [0.05, 0.1) is 5.60 Å². The lowest BCUT2D eigenvalue weighted by molar-refractivity contribution is 0.0344. The van der Waals surface area contributed by atoms with Gasteiger partial charge in [-0.15, -0.1) is 0 Å². The van der Waals surface area contributed by atoms with Crippen LogP contribution in [0.25, 0.3) is 11.4 Å². The van der Waals surface area contributed by atoms with E-state index in [-0.39, 0.29) is 0 Å². The molecule has 1 saturated heterocycles. The van der Waals surface area contributed by atoms with Gasteiger partial charge in [0, 0.05) is 56.0 Å². The van der Waals surface area contributed by atoms with Gasteiger partial charge >= 0.3 is 0 Å². The normalized spacial score (nSPS) is 15.3. The van der Waals surface area contributed by atoms with Crippen molar-refractivity contribution < 1.29 is 5.11 Å². The van der Waals surface area contributed by atoms with Crippen LogP contribution in [0.2, 0.25) is 0 Å². The number of nitrogens with zero attached hydrogens (tertiary/aromatic N) is 4. The number of benzene rings is 2. The number of piperazine rings is 1. The summed E-state index contributed by atoms with van der Waals surface area (Å²) in [4.78, 5) is 14.7. The second-order valence-corrected chi connectivity index (χ2v) is 9.04. The second kappa shape index (κ2) is 9.16. The van der Waals surface area contributed by atoms with Gasteiger partial charge in [-0.2, -0.15) is 0 Å². The molecule has 3 aromatic rings. The lowest BCUT2D eigenvalue weighted by atomic mass is 10.0. The maximum absolute atomic E-state index is 10.2. The minimum absolute atomic E-state index is 0.674. The first-order valence-corrected chi connectivity index (χ1v) is 11.1. The zero-order chi connectivity index (χ0) is 21.8. The maximum Gasteiger partial charge on any atom is 0.161 e. The van der Waals surface area contributed by atoms with Crippen molar-refractivity contribution in [2.24, 2.45) is 0 Å². The van der Waals surface area contributed by atoms with Crippen LogP contribution in [0.3, 0.4) is 0 Å². The summed E-state index contributed by atoms with van der Waals surface area (Å²) >= 11 is 0. The third-order valence-corrected chi connectivity index (χ3v) is 5.73. The highest BCUT2D eigenvalue weighted by Crippen LogP contribution is 2.28. The van der Waals surface area contributed by atoms with E-state index in [4.69, 9.17) is 9.97 Å². The van der Waals surface area contributed by atoms with Crippen LogP contribution in [-0.2, 0) is 6.42 Å². The Bertz CT molecular complexity index is 991. The SMILES string of the molecule is Cc1nc(-c2ccccc2)nc(N2CCN(CC(C)(C)O)CC2)c1Cc1ccccc1. The molecule has 0 amide bonds. The first kappa shape index (κ1) is 21.5. The van der Waals surface area contributed by atoms with Gasteiger partial charge < -0.3 is 10.0 Å². The van der Waals surface area contributed by atoms with Crippen molar-refractivity contribution in [3.63, 3.8) is 0 Å². The van der Waals surface area contributed by atoms with Gasteiger partial charge in [-0.05, 0) is 26.3 Å². The van der Waals surface area contributed by atoms with Crippen LogP contribution in [-0.4, -0.2) is 58.3 Å². The highest BCUT2D eigenvalue weighted by molar-refractivity contribution is 5.61. The average Bonchev–Trinajstić information content (AvgIpc) is 2.76. The van der Waals surface area contributed by atoms with Crippen molar-refractivity contribution in [3.05, 3.63) is 77.5 Å². The molecule has 0 atom stereocenters. The van der Waals surface area contributed by atoms with Gasteiger partial charge in [0.15, 0.2) is 5.82 Å². The van der Waals surface area contributed by atoms with Gasteiger partial charge in [-0.1, -0.05) is 60.7 Å². The Morgan fingerprint density at radius 1 is 0.871 bits per heavy atom. The minimum atomic E-state index is -0.674. The number of aryl methyl sites for hydroxylation is 1. The fourth-order valence-corrected chi connectivity index (χ4v) is 4.23. The van der Waals surface area contributed by atoms with E-state index in [1.165, 1.54) is 11.1 Å². The highest BCUT2D eigenvalue weighted by Gasteiger charge is 2.26. The molecule has 1 fully saturated rings. The summed E-state index contributed by atoms with van der Waals surface area (Å²) in [6.07, 6.45) is 0.820. The molecule has 0 spiro atoms. The first-order valence-electron chi connectivity index (χ1n) is 11.1. The van der Waals surface area contributed by atoms with Gasteiger partial charge in [0.25, 0.3) is 0 Å². The first-order chi connectivity index (χ1) is 14.9. The predicted octanol–water partition coefficient (Wildman–Crippen LogP) is 3.94. The fraction of sp³-hybridized carbons (Fsp3) is 0.385. The van der Waals surface area contributed by atoms with Crippen molar-refractivity contribution in [2.75, 3.05) is 37.6 Å². The van der Waals surface area contributed by atoms with Crippen LogP contribution in [0.5, 0.6) is 0 Å². The highest BCUT2D eigenvalue weighted by atomic mass is 16.3. The molecule has 0 aliphatic carbocycles. The topological polar surface area (TPSA) is 52.5 Å². The minimum Gasteiger partial charge on any atom is -0.389 e. The molecule has 31 heavy (non-hydrogen) atoms. The zero-order valence-electron chi connectivity index (χ0n) is 18.8. The van der Waals surface area contributed by atoms with E-state index in [1.807, 2.05) is 38.1 Å². The molecular weight excluding hydrogens is 384 g/mol. The second-order valence-electron chi connectivity index (χ2n) is 9.04. The molecule has 5 nitrogen and oxygen atoms in total. The Kier molecular flexibility index (Phi) is 6.35. The van der Waals surface area contributed by atoms with E-state index < -0.39 is 5.60 Å². The Balaban J connectivity index is 1.66. The van der Waals surface area contributed by atoms with Crippen molar-refractivity contribution in [1.29, 1.82) is 0 Å². The molecule has 1 aromatic heterocycles. The van der Waals surface area contributed by atoms with E-state index >= 15 is 0 Å². The number of hydrogen-bond donors (Lipinski definition) is 1. The number of rotatable bonds is 6. The lowest BCUT2D eigenvalue weighted by Crippen LogP contribution is -2.51. The summed E-state index contributed by atoms with van der Waals surface area (Å²) in [7, 11) is 0. The third kappa shape index (κ3) is 5.49. The molecular formula is C26H32N4O. The molecule has 1 aliphatic rings. The number of aliphatic hydroxyl groups is 1. The number of β-amino-alcohol motifs (C(OH)–C–C–N with tert-alkyl or cyclic N) is 1. The molecule has 0 bridgehead atoms. The van der Waals surface area contributed by atoms with Gasteiger partial charge in [-0.3, -0.25) is 4.90 Å². The monoisotopic (exact) mass is 416 g/mol. The van der Waals surface area contributed by atoms with Crippen LogP contribution in [0.4, 0.5) is 5.82 Å². The molecule has 0 unspecified atom stereocenters. The molecule has 1 N–H and O–H groups in total. The zero-order valence-corrected chi connectivity index (χ0v) is 18.8. The summed E-state index contributed by atoms with van der Waals surface area (Å²) in [6, 6.07) is 20.7. The Hall–Kier alpha value is -2.76. The third-order valence-electron chi connectivity index (χ3n) is 5.73. The van der Waals surface area contributed by atoms with E-state index in [1.54, 1.807) is 0 Å². The molecule has 4 rings (SSSR count). The summed E-state index contributed by atoms with van der Waals surface area (Å²) in [5, 5.41) is 10.2. The van der Waals surface area contributed by atoms with Crippen molar-refractivity contribution in [3.8, 4) is 11.4 Å². The molecule has 1 aliphatic heterocycles. The van der Waals surface area contributed by atoms with Gasteiger partial charge in [0.2, 0.25) is 0 Å². The van der Waals surface area contributed by atoms with Crippen molar-refractivity contribution in [1.82, 2.24) is 14.9 Å². The van der Waals surface area contributed by atoms with Crippen molar-refractivity contribution in [2.45, 2.75) is 32.8 Å². The molecule has 162 valence electrons. The Morgan fingerprint density at radius 3 is 2.10 bits per heavy atom. The molecule has 5 heteroatoms. The van der Waals surface area contributed by atoms with Gasteiger partial charge in [-0.25, -0.2) is 9.97 Å². The largest absolute Gasteiger partial charge is 0.389 e. The lowest BCUT2D eigenvalue weighted by Gasteiger charge is -2.38. The van der Waals surface area contributed by atoms with Crippen LogP contribution < -0.4 is 4.90 Å². The summed E-state index contributed by atoms with van der Waals surface area (Å²) in [5.74, 6) is 1.82. The van der Waals surface area contributed by atoms with E-state index in [0.717, 1.165) is 55.5 Å². The van der Waals surface area contributed by atoms with E-state index in [2.05, 4.69) is 53.1 Å². The maximum atomic E-state index is 10.2. The Morgan fingerprint density at radius 2 is 1.48 bits per heavy atom. The number of aromatic nitrogens is 2. The van der Waals surface area contributed by atoms with E-state index in [0.29, 0.717) is 6.54 Å².